The Labute approximate surface area is 268 Å². The lowest BCUT2D eigenvalue weighted by Crippen LogP contribution is -2.49. The second kappa shape index (κ2) is 16.3. The van der Waals surface area contributed by atoms with Gasteiger partial charge in [0.1, 0.15) is 5.75 Å². The number of sulfonamides is 1. The van der Waals surface area contributed by atoms with E-state index in [4.69, 9.17) is 9.47 Å². The number of hydrogen-bond acceptors (Lipinski definition) is 7. The summed E-state index contributed by atoms with van der Waals surface area (Å²) in [5.74, 6) is -0.293. The molecule has 4 atom stereocenters. The van der Waals surface area contributed by atoms with Crippen molar-refractivity contribution in [1.29, 1.82) is 0 Å². The molecule has 0 radical (unpaired) electrons. The lowest BCUT2D eigenvalue weighted by Gasteiger charge is -2.36. The molecule has 0 saturated carbocycles. The van der Waals surface area contributed by atoms with Gasteiger partial charge in [-0.3, -0.25) is 9.52 Å². The Bertz CT molecular complexity index is 1380. The summed E-state index contributed by atoms with van der Waals surface area (Å²) in [5, 5.41) is 13.1. The second-order valence-corrected chi connectivity index (χ2v) is 14.1. The number of nitrogens with one attached hydrogen (secondary N) is 2. The monoisotopic (exact) mass is 646 g/mol. The average molecular weight is 647 g/mol. The van der Waals surface area contributed by atoms with Crippen molar-refractivity contribution >= 4 is 27.6 Å². The third kappa shape index (κ3) is 10.3. The predicted molar refractivity (Wildman–Crippen MR) is 175 cm³/mol. The Balaban J connectivity index is 1.98. The first-order valence-electron chi connectivity index (χ1n) is 15.7. The topological polar surface area (TPSA) is 138 Å². The molecular formula is C33H50N4O7S. The van der Waals surface area contributed by atoms with E-state index < -0.39 is 22.0 Å². The third-order valence-electron chi connectivity index (χ3n) is 7.85. The molecule has 11 nitrogen and oxygen atoms in total. The molecule has 250 valence electrons. The Morgan fingerprint density at radius 2 is 1.80 bits per heavy atom. The molecule has 0 aliphatic carbocycles. The highest BCUT2D eigenvalue weighted by Gasteiger charge is 2.31. The van der Waals surface area contributed by atoms with Gasteiger partial charge in [0.05, 0.1) is 35.3 Å². The van der Waals surface area contributed by atoms with E-state index >= 15 is 0 Å². The summed E-state index contributed by atoms with van der Waals surface area (Å²) in [6, 6.07) is 10.4. The van der Waals surface area contributed by atoms with Crippen molar-refractivity contribution in [1.82, 2.24) is 15.1 Å². The molecule has 45 heavy (non-hydrogen) atoms. The van der Waals surface area contributed by atoms with Gasteiger partial charge in [0.15, 0.2) is 0 Å². The molecule has 3 amide bonds. The maximum atomic E-state index is 14.3. The Morgan fingerprint density at radius 3 is 2.44 bits per heavy atom. The number of nitrogens with zero attached hydrogens (tertiary/aromatic N) is 2. The van der Waals surface area contributed by atoms with E-state index in [9.17, 15) is 23.1 Å². The molecule has 1 heterocycles. The summed E-state index contributed by atoms with van der Waals surface area (Å²) >= 11 is 0. The van der Waals surface area contributed by atoms with E-state index in [0.29, 0.717) is 25.3 Å². The van der Waals surface area contributed by atoms with Crippen LogP contribution in [-0.2, 0) is 14.8 Å². The van der Waals surface area contributed by atoms with Gasteiger partial charge in [-0.05, 0) is 84.2 Å². The highest BCUT2D eigenvalue weighted by molar-refractivity contribution is 7.92. The van der Waals surface area contributed by atoms with E-state index in [0.717, 1.165) is 18.4 Å². The SMILES string of the molecule is Cc1ccc(S(=O)(=O)Nc2ccc3c(c2)C(=O)N([C@H](C)CO)C[C@@H](C)[C@@H](CN(C)C(=O)NC(C)C)OCCCC[C@H](C)O3)cc1. The first-order chi connectivity index (χ1) is 21.2. The first-order valence-corrected chi connectivity index (χ1v) is 17.1. The fourth-order valence-corrected chi connectivity index (χ4v) is 6.14. The van der Waals surface area contributed by atoms with Crippen molar-refractivity contribution in [2.75, 3.05) is 38.1 Å². The molecule has 1 aliphatic heterocycles. The van der Waals surface area contributed by atoms with Gasteiger partial charge in [0, 0.05) is 44.4 Å². The van der Waals surface area contributed by atoms with Crippen LogP contribution in [0.2, 0.25) is 0 Å². The van der Waals surface area contributed by atoms with Gasteiger partial charge in [-0.25, -0.2) is 13.2 Å². The molecule has 12 heteroatoms. The molecule has 0 saturated heterocycles. The number of ether oxygens (including phenoxy) is 2. The number of carbonyl (C=O) groups excluding carboxylic acids is 2. The van der Waals surface area contributed by atoms with E-state index in [1.807, 2.05) is 34.6 Å². The molecule has 3 rings (SSSR count). The molecular weight excluding hydrogens is 596 g/mol. The van der Waals surface area contributed by atoms with Crippen LogP contribution in [0.5, 0.6) is 5.75 Å². The molecule has 0 aromatic heterocycles. The summed E-state index contributed by atoms with van der Waals surface area (Å²) in [6.45, 7) is 12.0. The van der Waals surface area contributed by atoms with Crippen molar-refractivity contribution in [2.24, 2.45) is 5.92 Å². The van der Waals surface area contributed by atoms with Crippen LogP contribution in [0.4, 0.5) is 10.5 Å². The maximum Gasteiger partial charge on any atom is 0.317 e. The minimum absolute atomic E-state index is 0.0173. The van der Waals surface area contributed by atoms with Crippen LogP contribution in [-0.4, -0.2) is 92.9 Å². The van der Waals surface area contributed by atoms with Crippen molar-refractivity contribution in [3.8, 4) is 5.75 Å². The van der Waals surface area contributed by atoms with E-state index in [2.05, 4.69) is 10.0 Å². The number of rotatable bonds is 8. The van der Waals surface area contributed by atoms with Crippen molar-refractivity contribution in [3.63, 3.8) is 0 Å². The van der Waals surface area contributed by atoms with Crippen LogP contribution >= 0.6 is 0 Å². The standard InChI is InChI=1S/C33H50N4O7S/c1-22(2)34-33(40)36(7)20-31-24(4)19-37(25(5)21-38)32(39)29-18-27(35-45(41,42)28-14-11-23(3)12-15-28)13-16-30(29)44-26(6)10-8-9-17-43-31/h11-16,18,22,24-26,31,35,38H,8-10,17,19-21H2,1-7H3,(H,34,40)/t24-,25-,26+,31-/m1/s1. The van der Waals surface area contributed by atoms with Crippen LogP contribution in [0.25, 0.3) is 0 Å². The number of aliphatic hydroxyl groups excluding tert-OH is 1. The summed E-state index contributed by atoms with van der Waals surface area (Å²) in [6.07, 6.45) is 1.74. The van der Waals surface area contributed by atoms with Gasteiger partial charge in [-0.2, -0.15) is 0 Å². The van der Waals surface area contributed by atoms with Gasteiger partial charge in [-0.15, -0.1) is 0 Å². The minimum Gasteiger partial charge on any atom is -0.490 e. The summed E-state index contributed by atoms with van der Waals surface area (Å²) in [7, 11) is -2.21. The molecule has 1 aliphatic rings. The van der Waals surface area contributed by atoms with Crippen LogP contribution in [0.15, 0.2) is 47.4 Å². The highest BCUT2D eigenvalue weighted by Crippen LogP contribution is 2.29. The summed E-state index contributed by atoms with van der Waals surface area (Å²) in [4.78, 5) is 30.2. The summed E-state index contributed by atoms with van der Waals surface area (Å²) < 4.78 is 41.5. The van der Waals surface area contributed by atoms with Crippen LogP contribution in [0, 0.1) is 12.8 Å². The van der Waals surface area contributed by atoms with E-state index in [-0.39, 0.29) is 59.5 Å². The van der Waals surface area contributed by atoms with Gasteiger partial charge in [0.25, 0.3) is 15.9 Å². The minimum atomic E-state index is -3.92. The maximum absolute atomic E-state index is 14.3. The van der Waals surface area contributed by atoms with E-state index in [1.54, 1.807) is 48.0 Å². The number of fused-ring (bicyclic) bond motifs is 1. The third-order valence-corrected chi connectivity index (χ3v) is 9.24. The number of carbonyl (C=O) groups is 2. The first kappa shape index (κ1) is 36.1. The van der Waals surface area contributed by atoms with Gasteiger partial charge < -0.3 is 29.7 Å². The largest absolute Gasteiger partial charge is 0.490 e. The lowest BCUT2D eigenvalue weighted by molar-refractivity contribution is -0.0122. The van der Waals surface area contributed by atoms with Crippen molar-refractivity contribution < 1.29 is 32.6 Å². The molecule has 2 aromatic rings. The quantitative estimate of drug-likeness (QED) is 0.380. The molecule has 3 N–H and O–H groups in total. The van der Waals surface area contributed by atoms with Gasteiger partial charge in [0.2, 0.25) is 0 Å². The van der Waals surface area contributed by atoms with Crippen molar-refractivity contribution in [3.05, 3.63) is 53.6 Å². The van der Waals surface area contributed by atoms with Crippen LogP contribution in [0.1, 0.15) is 69.8 Å². The number of aryl methyl sites for hydroxylation is 1. The van der Waals surface area contributed by atoms with E-state index in [1.165, 1.54) is 18.2 Å². The smallest absolute Gasteiger partial charge is 0.317 e. The highest BCUT2D eigenvalue weighted by atomic mass is 32.2. The number of hydrogen-bond donors (Lipinski definition) is 3. The molecule has 0 fully saturated rings. The zero-order valence-electron chi connectivity index (χ0n) is 27.6. The fourth-order valence-electron chi connectivity index (χ4n) is 5.09. The number of benzene rings is 2. The van der Waals surface area contributed by atoms with Crippen molar-refractivity contribution in [2.45, 2.75) is 90.0 Å². The fraction of sp³-hybridized carbons (Fsp3) is 0.576. The predicted octanol–water partition coefficient (Wildman–Crippen LogP) is 4.64. The average Bonchev–Trinajstić information content (AvgIpc) is 2.98. The Morgan fingerprint density at radius 1 is 1.11 bits per heavy atom. The number of anilines is 1. The number of urea groups is 1. The zero-order chi connectivity index (χ0) is 33.3. The lowest BCUT2D eigenvalue weighted by atomic mass is 10.0. The molecule has 2 aromatic carbocycles. The molecule has 0 spiro atoms. The van der Waals surface area contributed by atoms with Crippen LogP contribution in [0.3, 0.4) is 0 Å². The Kier molecular flexibility index (Phi) is 13.1. The number of amides is 3. The summed E-state index contributed by atoms with van der Waals surface area (Å²) in [5.41, 5.74) is 1.33. The zero-order valence-corrected chi connectivity index (χ0v) is 28.4. The molecule has 0 unspecified atom stereocenters. The van der Waals surface area contributed by atoms with Gasteiger partial charge >= 0.3 is 6.03 Å². The number of likely N-dealkylation sites (N-methyl/N-ethyl adjacent to an activating group) is 1. The Hall–Kier alpha value is -3.35. The molecule has 0 bridgehead atoms. The number of aliphatic hydroxyl groups is 1. The van der Waals surface area contributed by atoms with Crippen LogP contribution < -0.4 is 14.8 Å². The second-order valence-electron chi connectivity index (χ2n) is 12.4. The normalized spacial score (nSPS) is 20.9. The van der Waals surface area contributed by atoms with Gasteiger partial charge in [-0.1, -0.05) is 24.6 Å².